The van der Waals surface area contributed by atoms with Crippen molar-refractivity contribution < 1.29 is 9.18 Å². The molecule has 0 radical (unpaired) electrons. The molecule has 3 aromatic rings. The Morgan fingerprint density at radius 3 is 2.46 bits per heavy atom. The quantitative estimate of drug-likeness (QED) is 0.707. The molecule has 28 heavy (non-hydrogen) atoms. The number of benzene rings is 2. The number of nitrogens with one attached hydrogen (secondary N) is 1. The van der Waals surface area contributed by atoms with Gasteiger partial charge in [0.25, 0.3) is 11.5 Å². The van der Waals surface area contributed by atoms with Crippen LogP contribution in [0.1, 0.15) is 23.0 Å². The Balaban J connectivity index is 2.23. The van der Waals surface area contributed by atoms with Gasteiger partial charge in [0.15, 0.2) is 0 Å². The summed E-state index contributed by atoms with van der Waals surface area (Å²) in [4.78, 5) is 38.0. The molecule has 0 atom stereocenters. The molecule has 0 saturated heterocycles. The van der Waals surface area contributed by atoms with Gasteiger partial charge in [-0.25, -0.2) is 9.18 Å². The Kier molecular flexibility index (Phi) is 5.70. The maximum Gasteiger partial charge on any atom is 0.352 e. The highest BCUT2D eigenvalue weighted by atomic mass is 35.5. The highest BCUT2D eigenvalue weighted by Gasteiger charge is 2.20. The van der Waals surface area contributed by atoms with Gasteiger partial charge in [0.05, 0.1) is 12.2 Å². The monoisotopic (exact) mass is 402 g/mol. The van der Waals surface area contributed by atoms with Crippen molar-refractivity contribution in [1.82, 2.24) is 19.7 Å². The molecular formula is C19H16ClFN4O3. The van der Waals surface area contributed by atoms with Crippen LogP contribution in [0.4, 0.5) is 4.39 Å². The van der Waals surface area contributed by atoms with Gasteiger partial charge in [-0.05, 0) is 42.8 Å². The van der Waals surface area contributed by atoms with Gasteiger partial charge < -0.3 is 5.32 Å². The van der Waals surface area contributed by atoms with E-state index in [2.05, 4.69) is 10.4 Å². The average Bonchev–Trinajstić information content (AvgIpc) is 2.68. The fraction of sp³-hybridized carbons (Fsp3) is 0.158. The summed E-state index contributed by atoms with van der Waals surface area (Å²) < 4.78 is 15.0. The molecule has 0 aliphatic rings. The summed E-state index contributed by atoms with van der Waals surface area (Å²) >= 11 is 6.14. The van der Waals surface area contributed by atoms with E-state index >= 15 is 0 Å². The van der Waals surface area contributed by atoms with Crippen LogP contribution in [0.3, 0.4) is 0 Å². The molecule has 1 aromatic heterocycles. The van der Waals surface area contributed by atoms with E-state index in [1.54, 1.807) is 31.2 Å². The number of hydrogen-bond donors (Lipinski definition) is 1. The second-order valence-electron chi connectivity index (χ2n) is 5.86. The molecule has 0 bridgehead atoms. The molecule has 0 saturated carbocycles. The van der Waals surface area contributed by atoms with Gasteiger partial charge in [-0.15, -0.1) is 0 Å². The normalized spacial score (nSPS) is 10.7. The van der Waals surface area contributed by atoms with E-state index in [1.165, 1.54) is 12.1 Å². The smallest absolute Gasteiger partial charge is 0.351 e. The topological polar surface area (TPSA) is 86.0 Å². The first-order chi connectivity index (χ1) is 13.4. The van der Waals surface area contributed by atoms with E-state index in [0.717, 1.165) is 21.4 Å². The molecule has 7 nitrogen and oxygen atoms in total. The lowest BCUT2D eigenvalue weighted by atomic mass is 10.2. The summed E-state index contributed by atoms with van der Waals surface area (Å²) in [6.45, 7) is 1.82. The van der Waals surface area contributed by atoms with Crippen LogP contribution in [0.25, 0.3) is 5.69 Å². The zero-order valence-electron chi connectivity index (χ0n) is 14.9. The molecule has 1 heterocycles. The van der Waals surface area contributed by atoms with Crippen LogP contribution < -0.4 is 16.6 Å². The fourth-order valence-electron chi connectivity index (χ4n) is 2.59. The van der Waals surface area contributed by atoms with Gasteiger partial charge in [0.2, 0.25) is 5.69 Å². The molecule has 0 aliphatic carbocycles. The molecule has 3 rings (SSSR count). The van der Waals surface area contributed by atoms with Crippen LogP contribution >= 0.6 is 11.6 Å². The molecule has 0 fully saturated rings. The largest absolute Gasteiger partial charge is 0.352 e. The van der Waals surface area contributed by atoms with Crippen molar-refractivity contribution in [3.05, 3.63) is 91.5 Å². The third-order valence-electron chi connectivity index (χ3n) is 3.97. The van der Waals surface area contributed by atoms with E-state index in [0.29, 0.717) is 10.6 Å². The number of aromatic nitrogens is 3. The maximum absolute atomic E-state index is 13.2. The highest BCUT2D eigenvalue weighted by molar-refractivity contribution is 6.31. The lowest BCUT2D eigenvalue weighted by molar-refractivity contribution is 0.0946. The predicted octanol–water partition coefficient (Wildman–Crippen LogP) is 1.98. The van der Waals surface area contributed by atoms with Crippen LogP contribution in [0.2, 0.25) is 5.02 Å². The number of halogens is 2. The van der Waals surface area contributed by atoms with Crippen LogP contribution in [0, 0.1) is 5.82 Å². The molecule has 0 spiro atoms. The van der Waals surface area contributed by atoms with Gasteiger partial charge in [-0.2, -0.15) is 9.78 Å². The number of rotatable bonds is 5. The highest BCUT2D eigenvalue weighted by Crippen LogP contribution is 2.15. The summed E-state index contributed by atoms with van der Waals surface area (Å²) in [5.74, 6) is -1.21. The molecule has 9 heteroatoms. The average molecular weight is 403 g/mol. The number of carbonyl (C=O) groups excluding carboxylic acids is 1. The molecule has 1 amide bonds. The van der Waals surface area contributed by atoms with Gasteiger partial charge in [-0.3, -0.25) is 14.2 Å². The minimum absolute atomic E-state index is 0.145. The predicted molar refractivity (Wildman–Crippen MR) is 103 cm³/mol. The first-order valence-corrected chi connectivity index (χ1v) is 8.82. The standard InChI is InChI=1S/C19H16ClFN4O3/c1-2-22-17(26)16-18(27)24(11-12-5-3-4-6-15(12)20)19(28)25(23-16)14-9-7-13(21)8-10-14/h3-10H,2,11H2,1H3,(H,22,26). The molecule has 0 aliphatic heterocycles. The second kappa shape index (κ2) is 8.18. The Labute approximate surface area is 164 Å². The first kappa shape index (κ1) is 19.5. The van der Waals surface area contributed by atoms with E-state index in [4.69, 9.17) is 11.6 Å². The second-order valence-corrected chi connectivity index (χ2v) is 6.27. The third kappa shape index (κ3) is 3.86. The van der Waals surface area contributed by atoms with Crippen molar-refractivity contribution in [1.29, 1.82) is 0 Å². The van der Waals surface area contributed by atoms with E-state index in [9.17, 15) is 18.8 Å². The van der Waals surface area contributed by atoms with Gasteiger partial charge >= 0.3 is 5.69 Å². The zero-order chi connectivity index (χ0) is 20.3. The molecular weight excluding hydrogens is 387 g/mol. The minimum atomic E-state index is -0.839. The Hall–Kier alpha value is -3.26. The summed E-state index contributed by atoms with van der Waals surface area (Å²) in [6, 6.07) is 11.7. The van der Waals surface area contributed by atoms with Crippen molar-refractivity contribution in [2.75, 3.05) is 6.54 Å². The Bertz CT molecular complexity index is 1140. The van der Waals surface area contributed by atoms with Crippen LogP contribution in [0.5, 0.6) is 0 Å². The van der Waals surface area contributed by atoms with Crippen molar-refractivity contribution in [3.63, 3.8) is 0 Å². The summed E-state index contributed by atoms with van der Waals surface area (Å²) in [5.41, 5.74) is -1.32. The SMILES string of the molecule is CCNC(=O)c1nn(-c2ccc(F)cc2)c(=O)n(Cc2ccccc2Cl)c1=O. The van der Waals surface area contributed by atoms with E-state index < -0.39 is 28.7 Å². The van der Waals surface area contributed by atoms with Crippen molar-refractivity contribution in [2.24, 2.45) is 0 Å². The van der Waals surface area contributed by atoms with Gasteiger partial charge in [0.1, 0.15) is 5.82 Å². The lowest BCUT2D eigenvalue weighted by Gasteiger charge is -2.12. The Morgan fingerprint density at radius 1 is 1.14 bits per heavy atom. The van der Waals surface area contributed by atoms with Crippen LogP contribution in [-0.4, -0.2) is 26.8 Å². The number of carbonyl (C=O) groups is 1. The van der Waals surface area contributed by atoms with Crippen LogP contribution in [0.15, 0.2) is 58.1 Å². The summed E-state index contributed by atoms with van der Waals surface area (Å²) in [5, 5.41) is 6.79. The van der Waals surface area contributed by atoms with Crippen molar-refractivity contribution >= 4 is 17.5 Å². The molecule has 0 unspecified atom stereocenters. The lowest BCUT2D eigenvalue weighted by Crippen LogP contribution is -2.46. The molecule has 144 valence electrons. The number of amides is 1. The molecule has 1 N–H and O–H groups in total. The van der Waals surface area contributed by atoms with E-state index in [1.807, 2.05) is 0 Å². The number of hydrogen-bond acceptors (Lipinski definition) is 4. The van der Waals surface area contributed by atoms with Gasteiger partial charge in [-0.1, -0.05) is 29.8 Å². The third-order valence-corrected chi connectivity index (χ3v) is 4.34. The fourth-order valence-corrected chi connectivity index (χ4v) is 2.78. The summed E-state index contributed by atoms with van der Waals surface area (Å²) in [7, 11) is 0. The Morgan fingerprint density at radius 2 is 1.82 bits per heavy atom. The van der Waals surface area contributed by atoms with Gasteiger partial charge in [0, 0.05) is 11.6 Å². The maximum atomic E-state index is 13.2. The zero-order valence-corrected chi connectivity index (χ0v) is 15.6. The first-order valence-electron chi connectivity index (χ1n) is 8.44. The minimum Gasteiger partial charge on any atom is -0.351 e. The van der Waals surface area contributed by atoms with Crippen molar-refractivity contribution in [2.45, 2.75) is 13.5 Å². The number of nitrogens with zero attached hydrogens (tertiary/aromatic N) is 3. The molecule has 2 aromatic carbocycles. The van der Waals surface area contributed by atoms with E-state index in [-0.39, 0.29) is 18.8 Å². The van der Waals surface area contributed by atoms with Crippen LogP contribution in [-0.2, 0) is 6.54 Å². The summed E-state index contributed by atoms with van der Waals surface area (Å²) in [6.07, 6.45) is 0. The van der Waals surface area contributed by atoms with Crippen molar-refractivity contribution in [3.8, 4) is 5.69 Å².